The molecule has 1 aromatic rings. The second-order valence-corrected chi connectivity index (χ2v) is 9.13. The Morgan fingerprint density at radius 2 is 1.90 bits per heavy atom. The number of methoxy groups -OCH3 is 1. The number of benzene rings is 1. The lowest BCUT2D eigenvalue weighted by atomic mass is 9.84. The average Bonchev–Trinajstić information content (AvgIpc) is 2.78. The normalized spacial score (nSPS) is 22.8. The van der Waals surface area contributed by atoms with E-state index in [0.29, 0.717) is 19.1 Å². The van der Waals surface area contributed by atoms with Gasteiger partial charge in [-0.2, -0.15) is 0 Å². The number of piperazine rings is 1. The van der Waals surface area contributed by atoms with Crippen molar-refractivity contribution in [2.75, 3.05) is 51.3 Å². The van der Waals surface area contributed by atoms with Crippen molar-refractivity contribution in [3.8, 4) is 0 Å². The van der Waals surface area contributed by atoms with Gasteiger partial charge in [0.1, 0.15) is 0 Å². The Bertz CT molecular complexity index is 668. The minimum atomic E-state index is 0.128. The molecular weight excluding hydrogens is 398 g/mol. The summed E-state index contributed by atoms with van der Waals surface area (Å²) in [7, 11) is 1.64. The van der Waals surface area contributed by atoms with Gasteiger partial charge in [-0.3, -0.25) is 9.69 Å². The molecular formula is C24H38ClN3O2. The van der Waals surface area contributed by atoms with Crippen LogP contribution in [0.1, 0.15) is 51.0 Å². The molecule has 5 nitrogen and oxygen atoms in total. The first-order valence-corrected chi connectivity index (χ1v) is 12.0. The molecule has 1 aliphatic heterocycles. The third kappa shape index (κ3) is 6.60. The highest BCUT2D eigenvalue weighted by Crippen LogP contribution is 2.31. The number of nitrogens with zero attached hydrogens (tertiary/aromatic N) is 2. The number of aryl methyl sites for hydroxylation is 1. The second kappa shape index (κ2) is 11.9. The van der Waals surface area contributed by atoms with E-state index in [9.17, 15) is 4.79 Å². The Morgan fingerprint density at radius 3 is 2.57 bits per heavy atom. The Hall–Kier alpha value is -1.30. The van der Waals surface area contributed by atoms with Gasteiger partial charge >= 0.3 is 0 Å². The van der Waals surface area contributed by atoms with Crippen LogP contribution in [0.2, 0.25) is 5.02 Å². The molecule has 0 aromatic heterocycles. The summed E-state index contributed by atoms with van der Waals surface area (Å²) in [5.41, 5.74) is 2.43. The van der Waals surface area contributed by atoms with Crippen LogP contribution in [0.5, 0.6) is 0 Å². The number of amides is 1. The van der Waals surface area contributed by atoms with E-state index in [1.807, 2.05) is 0 Å². The molecule has 1 aromatic carbocycles. The van der Waals surface area contributed by atoms with Crippen molar-refractivity contribution < 1.29 is 9.53 Å². The maximum atomic E-state index is 11.9. The zero-order valence-electron chi connectivity index (χ0n) is 18.7. The lowest BCUT2D eigenvalue weighted by Gasteiger charge is -2.37. The van der Waals surface area contributed by atoms with E-state index in [4.69, 9.17) is 16.3 Å². The van der Waals surface area contributed by atoms with Crippen molar-refractivity contribution >= 4 is 23.2 Å². The van der Waals surface area contributed by atoms with E-state index >= 15 is 0 Å². The van der Waals surface area contributed by atoms with Gasteiger partial charge in [0.15, 0.2) is 0 Å². The van der Waals surface area contributed by atoms with E-state index in [-0.39, 0.29) is 5.91 Å². The van der Waals surface area contributed by atoms with Gasteiger partial charge in [-0.1, -0.05) is 30.7 Å². The minimum Gasteiger partial charge on any atom is -0.384 e. The quantitative estimate of drug-likeness (QED) is 0.633. The number of rotatable bonds is 9. The zero-order chi connectivity index (χ0) is 21.3. The van der Waals surface area contributed by atoms with Crippen LogP contribution in [-0.4, -0.2) is 63.3 Å². The SMILES string of the molecule is CCc1cccc(N2CCN(CC[C@H]3CC[C@H](NC(=O)CCOC)CC3)CC2)c1Cl. The summed E-state index contributed by atoms with van der Waals surface area (Å²) in [6.45, 7) is 8.16. The fourth-order valence-electron chi connectivity index (χ4n) is 4.75. The monoisotopic (exact) mass is 435 g/mol. The fourth-order valence-corrected chi connectivity index (χ4v) is 5.13. The molecule has 1 amide bonds. The molecule has 1 saturated carbocycles. The zero-order valence-corrected chi connectivity index (χ0v) is 19.4. The van der Waals surface area contributed by atoms with Gasteiger partial charge in [-0.25, -0.2) is 0 Å². The Balaban J connectivity index is 1.34. The van der Waals surface area contributed by atoms with Crippen molar-refractivity contribution in [1.29, 1.82) is 0 Å². The number of hydrogen-bond donors (Lipinski definition) is 1. The predicted molar refractivity (Wildman–Crippen MR) is 124 cm³/mol. The maximum Gasteiger partial charge on any atom is 0.222 e. The van der Waals surface area contributed by atoms with Gasteiger partial charge in [-0.15, -0.1) is 0 Å². The van der Waals surface area contributed by atoms with Crippen LogP contribution < -0.4 is 10.2 Å². The average molecular weight is 436 g/mol. The van der Waals surface area contributed by atoms with E-state index in [1.165, 1.54) is 37.1 Å². The van der Waals surface area contributed by atoms with Crippen LogP contribution >= 0.6 is 11.6 Å². The highest BCUT2D eigenvalue weighted by Gasteiger charge is 2.24. The summed E-state index contributed by atoms with van der Waals surface area (Å²) in [6.07, 6.45) is 7.41. The summed E-state index contributed by atoms with van der Waals surface area (Å²) in [4.78, 5) is 16.9. The van der Waals surface area contributed by atoms with Gasteiger partial charge in [0, 0.05) is 45.8 Å². The van der Waals surface area contributed by atoms with Gasteiger partial charge in [0.2, 0.25) is 5.91 Å². The second-order valence-electron chi connectivity index (χ2n) is 8.75. The number of ether oxygens (including phenoxy) is 1. The molecule has 1 N–H and O–H groups in total. The molecule has 1 saturated heterocycles. The summed E-state index contributed by atoms with van der Waals surface area (Å²) >= 11 is 6.62. The largest absolute Gasteiger partial charge is 0.384 e. The number of nitrogens with one attached hydrogen (secondary N) is 1. The molecule has 2 fully saturated rings. The first-order valence-electron chi connectivity index (χ1n) is 11.6. The van der Waals surface area contributed by atoms with Gasteiger partial charge in [0.05, 0.1) is 17.3 Å². The fraction of sp³-hybridized carbons (Fsp3) is 0.708. The number of halogens is 1. The van der Waals surface area contributed by atoms with E-state index in [1.54, 1.807) is 7.11 Å². The Labute approximate surface area is 187 Å². The third-order valence-corrected chi connectivity index (χ3v) is 7.19. The molecule has 1 heterocycles. The van der Waals surface area contributed by atoms with Crippen LogP contribution in [0.3, 0.4) is 0 Å². The Kier molecular flexibility index (Phi) is 9.28. The highest BCUT2D eigenvalue weighted by molar-refractivity contribution is 6.34. The number of anilines is 1. The standard InChI is InChI=1S/C24H38ClN3O2/c1-3-20-5-4-6-22(24(20)25)28-16-14-27(15-17-28)13-11-19-7-9-21(10-8-19)26-23(29)12-18-30-2/h4-6,19,21H,3,7-18H2,1-2H3,(H,26,29)/t19-,21-. The van der Waals surface area contributed by atoms with Crippen molar-refractivity contribution in [3.63, 3.8) is 0 Å². The molecule has 0 unspecified atom stereocenters. The number of carbonyl (C=O) groups is 1. The molecule has 0 radical (unpaired) electrons. The molecule has 0 atom stereocenters. The van der Waals surface area contributed by atoms with Gasteiger partial charge in [0.25, 0.3) is 0 Å². The Morgan fingerprint density at radius 1 is 1.17 bits per heavy atom. The van der Waals surface area contributed by atoms with Crippen molar-refractivity contribution in [2.24, 2.45) is 5.92 Å². The molecule has 3 rings (SSSR count). The van der Waals surface area contributed by atoms with E-state index in [0.717, 1.165) is 56.4 Å². The summed E-state index contributed by atoms with van der Waals surface area (Å²) < 4.78 is 4.98. The van der Waals surface area contributed by atoms with Gasteiger partial charge in [-0.05, 0) is 62.6 Å². The smallest absolute Gasteiger partial charge is 0.222 e. The first-order chi connectivity index (χ1) is 14.6. The summed E-state index contributed by atoms with van der Waals surface area (Å²) in [5.74, 6) is 0.925. The molecule has 168 valence electrons. The van der Waals surface area contributed by atoms with E-state index in [2.05, 4.69) is 40.2 Å². The lowest BCUT2D eigenvalue weighted by molar-refractivity contribution is -0.122. The molecule has 0 bridgehead atoms. The topological polar surface area (TPSA) is 44.8 Å². The van der Waals surface area contributed by atoms with Crippen LogP contribution in [0.25, 0.3) is 0 Å². The predicted octanol–water partition coefficient (Wildman–Crippen LogP) is 4.13. The van der Waals surface area contributed by atoms with Crippen LogP contribution in [-0.2, 0) is 16.0 Å². The molecule has 1 aliphatic carbocycles. The molecule has 30 heavy (non-hydrogen) atoms. The first kappa shape index (κ1) is 23.4. The molecule has 6 heteroatoms. The maximum absolute atomic E-state index is 11.9. The summed E-state index contributed by atoms with van der Waals surface area (Å²) in [5, 5.41) is 4.10. The third-order valence-electron chi connectivity index (χ3n) is 6.75. The van der Waals surface area contributed by atoms with Gasteiger partial charge < -0.3 is 15.0 Å². The number of carbonyl (C=O) groups excluding carboxylic acids is 1. The molecule has 0 spiro atoms. The molecule has 2 aliphatic rings. The minimum absolute atomic E-state index is 0.128. The van der Waals surface area contributed by atoms with Crippen molar-refractivity contribution in [1.82, 2.24) is 10.2 Å². The van der Waals surface area contributed by atoms with Crippen LogP contribution in [0.15, 0.2) is 18.2 Å². The van der Waals surface area contributed by atoms with E-state index < -0.39 is 0 Å². The lowest BCUT2D eigenvalue weighted by Crippen LogP contribution is -2.47. The van der Waals surface area contributed by atoms with Crippen LogP contribution in [0, 0.1) is 5.92 Å². The summed E-state index contributed by atoms with van der Waals surface area (Å²) in [6, 6.07) is 6.77. The van der Waals surface area contributed by atoms with Crippen LogP contribution in [0.4, 0.5) is 5.69 Å². The van der Waals surface area contributed by atoms with Crippen molar-refractivity contribution in [3.05, 3.63) is 28.8 Å². The van der Waals surface area contributed by atoms with Crippen molar-refractivity contribution in [2.45, 2.75) is 57.9 Å². The highest BCUT2D eigenvalue weighted by atomic mass is 35.5. The number of hydrogen-bond acceptors (Lipinski definition) is 4.